The molecular weight excluding hydrogens is 532 g/mol. The van der Waals surface area contributed by atoms with E-state index in [4.69, 9.17) is 14.5 Å². The third-order valence-corrected chi connectivity index (χ3v) is 8.12. The number of hydrogen-bond donors (Lipinski definition) is 1. The summed E-state index contributed by atoms with van der Waals surface area (Å²) in [6.45, 7) is 1.89. The summed E-state index contributed by atoms with van der Waals surface area (Å²) in [6.07, 6.45) is 1.99. The van der Waals surface area contributed by atoms with Gasteiger partial charge in [0.05, 0.1) is 29.6 Å². The van der Waals surface area contributed by atoms with Gasteiger partial charge in [0.25, 0.3) is 5.91 Å². The quantitative estimate of drug-likeness (QED) is 0.253. The Morgan fingerprint density at radius 1 is 0.952 bits per heavy atom. The predicted octanol–water partition coefficient (Wildman–Crippen LogP) is 5.49. The van der Waals surface area contributed by atoms with Crippen molar-refractivity contribution < 1.29 is 23.9 Å². The summed E-state index contributed by atoms with van der Waals surface area (Å²) in [7, 11) is 1.27. The lowest BCUT2D eigenvalue weighted by Gasteiger charge is -2.38. The van der Waals surface area contributed by atoms with Crippen LogP contribution in [0.2, 0.25) is 0 Å². The van der Waals surface area contributed by atoms with Gasteiger partial charge in [0.1, 0.15) is 5.60 Å². The van der Waals surface area contributed by atoms with Crippen LogP contribution in [0.15, 0.2) is 84.9 Å². The molecule has 4 aromatic rings. The predicted molar refractivity (Wildman–Crippen MR) is 159 cm³/mol. The molecule has 0 aliphatic carbocycles. The van der Waals surface area contributed by atoms with Crippen LogP contribution in [0.1, 0.15) is 41.6 Å². The standard InChI is InChI=1S/C33H32N4O5/c1-41-32(40)37(24-12-6-3-7-13-24)35-31(39)29-25-14-8-9-15-27(25)34-30(23-10-4-2-5-11-23)26(29)22-36-20-18-33(19-21-36)17-16-28(38)42-33/h2-15H,16-22H2,1H3,(H,35,39). The van der Waals surface area contributed by atoms with Gasteiger partial charge in [-0.1, -0.05) is 66.7 Å². The highest BCUT2D eigenvalue weighted by Gasteiger charge is 2.43. The van der Waals surface area contributed by atoms with Crippen LogP contribution in [0, 0.1) is 0 Å². The molecule has 2 aliphatic heterocycles. The second-order valence-corrected chi connectivity index (χ2v) is 10.7. The molecule has 6 rings (SSSR count). The zero-order chi connectivity index (χ0) is 29.1. The van der Waals surface area contributed by atoms with E-state index in [0.717, 1.165) is 35.4 Å². The van der Waals surface area contributed by atoms with E-state index in [0.29, 0.717) is 53.9 Å². The molecule has 42 heavy (non-hydrogen) atoms. The van der Waals surface area contributed by atoms with Gasteiger partial charge in [0.2, 0.25) is 0 Å². The molecule has 1 aromatic heterocycles. The third kappa shape index (κ3) is 5.43. The smallest absolute Gasteiger partial charge is 0.433 e. The van der Waals surface area contributed by atoms with Crippen LogP contribution in [-0.2, 0) is 20.8 Å². The van der Waals surface area contributed by atoms with Gasteiger partial charge >= 0.3 is 12.1 Å². The van der Waals surface area contributed by atoms with Crippen molar-refractivity contribution in [2.75, 3.05) is 25.2 Å². The Bertz CT molecular complexity index is 1620. The highest BCUT2D eigenvalue weighted by Crippen LogP contribution is 2.38. The molecule has 3 aromatic carbocycles. The largest absolute Gasteiger partial charge is 0.459 e. The van der Waals surface area contributed by atoms with Crippen molar-refractivity contribution in [2.24, 2.45) is 0 Å². The van der Waals surface area contributed by atoms with Gasteiger partial charge in [-0.15, -0.1) is 0 Å². The van der Waals surface area contributed by atoms with E-state index in [2.05, 4.69) is 10.3 Å². The molecule has 2 saturated heterocycles. The Morgan fingerprint density at radius 2 is 1.62 bits per heavy atom. The molecule has 1 spiro atoms. The number of methoxy groups -OCH3 is 1. The Hall–Kier alpha value is -4.76. The number of para-hydroxylation sites is 2. The van der Waals surface area contributed by atoms with Gasteiger partial charge in [0, 0.05) is 55.4 Å². The van der Waals surface area contributed by atoms with E-state index in [1.807, 2.05) is 60.7 Å². The minimum Gasteiger partial charge on any atom is -0.459 e. The number of rotatable bonds is 5. The molecule has 0 radical (unpaired) electrons. The fourth-order valence-corrected chi connectivity index (χ4v) is 5.91. The summed E-state index contributed by atoms with van der Waals surface area (Å²) in [5.41, 5.74) is 6.36. The van der Waals surface area contributed by atoms with Gasteiger partial charge in [-0.05, 0) is 24.6 Å². The van der Waals surface area contributed by atoms with E-state index >= 15 is 0 Å². The number of amides is 2. The van der Waals surface area contributed by atoms with Crippen LogP contribution >= 0.6 is 0 Å². The Balaban J connectivity index is 1.43. The molecule has 0 saturated carbocycles. The second kappa shape index (κ2) is 11.6. The summed E-state index contributed by atoms with van der Waals surface area (Å²) < 4.78 is 10.7. The van der Waals surface area contributed by atoms with Crippen LogP contribution in [0.4, 0.5) is 10.5 Å². The first-order chi connectivity index (χ1) is 20.5. The molecule has 3 heterocycles. The van der Waals surface area contributed by atoms with Crippen molar-refractivity contribution in [3.63, 3.8) is 0 Å². The Morgan fingerprint density at radius 3 is 2.29 bits per heavy atom. The maximum atomic E-state index is 14.3. The van der Waals surface area contributed by atoms with Crippen LogP contribution in [0.5, 0.6) is 0 Å². The van der Waals surface area contributed by atoms with E-state index in [1.54, 1.807) is 24.3 Å². The number of aromatic nitrogens is 1. The molecule has 0 unspecified atom stereocenters. The van der Waals surface area contributed by atoms with E-state index in [9.17, 15) is 14.4 Å². The minimum atomic E-state index is -0.717. The average Bonchev–Trinajstić information content (AvgIpc) is 3.40. The fraction of sp³-hybridized carbons (Fsp3) is 0.273. The van der Waals surface area contributed by atoms with Crippen molar-refractivity contribution in [2.45, 2.75) is 37.8 Å². The number of nitrogens with one attached hydrogen (secondary N) is 1. The fourth-order valence-electron chi connectivity index (χ4n) is 5.91. The first kappa shape index (κ1) is 27.4. The third-order valence-electron chi connectivity index (χ3n) is 8.12. The van der Waals surface area contributed by atoms with E-state index < -0.39 is 12.0 Å². The summed E-state index contributed by atoms with van der Waals surface area (Å²) in [6, 6.07) is 26.2. The van der Waals surface area contributed by atoms with E-state index in [1.165, 1.54) is 7.11 Å². The number of fused-ring (bicyclic) bond motifs is 1. The summed E-state index contributed by atoms with van der Waals surface area (Å²) in [5.74, 6) is -0.575. The monoisotopic (exact) mass is 564 g/mol. The van der Waals surface area contributed by atoms with Crippen LogP contribution < -0.4 is 10.4 Å². The number of nitrogens with zero attached hydrogens (tertiary/aromatic N) is 3. The van der Waals surface area contributed by atoms with Crippen molar-refractivity contribution >= 4 is 34.6 Å². The highest BCUT2D eigenvalue weighted by atomic mass is 16.6. The molecule has 2 aliphatic rings. The summed E-state index contributed by atoms with van der Waals surface area (Å²) >= 11 is 0. The maximum absolute atomic E-state index is 14.3. The number of hydrogen-bond acceptors (Lipinski definition) is 7. The SMILES string of the molecule is COC(=O)N(NC(=O)c1c(CN2CCC3(CCC(=O)O3)CC2)c(-c2ccccc2)nc2ccccc12)c1ccccc1. The number of carbonyl (C=O) groups is 3. The number of likely N-dealkylation sites (tertiary alicyclic amines) is 1. The maximum Gasteiger partial charge on any atom is 0.433 e. The number of benzene rings is 3. The number of esters is 1. The summed E-state index contributed by atoms with van der Waals surface area (Å²) in [4.78, 5) is 46.3. The van der Waals surface area contributed by atoms with Crippen LogP contribution in [0.3, 0.4) is 0 Å². The van der Waals surface area contributed by atoms with Gasteiger partial charge in [-0.3, -0.25) is 19.9 Å². The highest BCUT2D eigenvalue weighted by molar-refractivity contribution is 6.10. The topological polar surface area (TPSA) is 101 Å². The van der Waals surface area contributed by atoms with Crippen LogP contribution in [0.25, 0.3) is 22.2 Å². The minimum absolute atomic E-state index is 0.124. The average molecular weight is 565 g/mol. The van der Waals surface area contributed by atoms with Gasteiger partial charge in [-0.2, -0.15) is 5.01 Å². The number of hydrazine groups is 1. The van der Waals surface area contributed by atoms with Crippen molar-refractivity contribution in [1.82, 2.24) is 15.3 Å². The molecule has 9 nitrogen and oxygen atoms in total. The van der Waals surface area contributed by atoms with Gasteiger partial charge < -0.3 is 9.47 Å². The normalized spacial score (nSPS) is 16.3. The lowest BCUT2D eigenvalue weighted by atomic mass is 9.88. The molecule has 2 amide bonds. The van der Waals surface area contributed by atoms with Crippen molar-refractivity contribution in [3.8, 4) is 11.3 Å². The molecular formula is C33H32N4O5. The zero-order valence-corrected chi connectivity index (χ0v) is 23.4. The summed E-state index contributed by atoms with van der Waals surface area (Å²) in [5, 5.41) is 1.79. The number of ether oxygens (including phenoxy) is 2. The first-order valence-electron chi connectivity index (χ1n) is 14.1. The molecule has 1 N–H and O–H groups in total. The molecule has 0 atom stereocenters. The van der Waals surface area contributed by atoms with Crippen molar-refractivity contribution in [3.05, 3.63) is 96.1 Å². The Labute approximate surface area is 244 Å². The lowest BCUT2D eigenvalue weighted by Crippen LogP contribution is -2.47. The van der Waals surface area contributed by atoms with Gasteiger partial charge in [-0.25, -0.2) is 9.78 Å². The molecule has 2 fully saturated rings. The molecule has 0 bridgehead atoms. The number of piperidine rings is 1. The van der Waals surface area contributed by atoms with E-state index in [-0.39, 0.29) is 11.6 Å². The lowest BCUT2D eigenvalue weighted by molar-refractivity contribution is -0.152. The second-order valence-electron chi connectivity index (χ2n) is 10.7. The Kier molecular flexibility index (Phi) is 7.58. The zero-order valence-electron chi connectivity index (χ0n) is 23.4. The number of anilines is 1. The first-order valence-corrected chi connectivity index (χ1v) is 14.1. The van der Waals surface area contributed by atoms with Crippen LogP contribution in [-0.4, -0.2) is 53.7 Å². The number of pyridine rings is 1. The number of carbonyl (C=O) groups excluding carboxylic acids is 3. The van der Waals surface area contributed by atoms with Crippen molar-refractivity contribution in [1.29, 1.82) is 0 Å². The molecule has 9 heteroatoms. The van der Waals surface area contributed by atoms with Gasteiger partial charge in [0.15, 0.2) is 0 Å². The molecule has 214 valence electrons.